The van der Waals surface area contributed by atoms with Gasteiger partial charge in [0.1, 0.15) is 17.8 Å². The van der Waals surface area contributed by atoms with Crippen LogP contribution in [0.15, 0.2) is 18.6 Å². The molecule has 1 saturated carbocycles. The Hall–Kier alpha value is -1.67. The van der Waals surface area contributed by atoms with Crippen LogP contribution in [-0.4, -0.2) is 41.7 Å². The van der Waals surface area contributed by atoms with E-state index in [1.54, 1.807) is 6.33 Å². The first-order chi connectivity index (χ1) is 11.4. The number of sulfonamides is 1. The highest BCUT2D eigenvalue weighted by Gasteiger charge is 2.34. The molecule has 0 spiro atoms. The van der Waals surface area contributed by atoms with Crippen molar-refractivity contribution in [1.82, 2.24) is 15.0 Å². The molecule has 24 heavy (non-hydrogen) atoms. The maximum absolute atomic E-state index is 11.8. The minimum absolute atomic E-state index is 0.160. The SMILES string of the molecule is CCC(C1CCC(N(C)c2ncnc3[nH]ccc23)CC1)S(N)(=O)=O. The molecule has 2 aromatic heterocycles. The van der Waals surface area contributed by atoms with Gasteiger partial charge in [-0.05, 0) is 44.1 Å². The van der Waals surface area contributed by atoms with Gasteiger partial charge in [-0.15, -0.1) is 0 Å². The summed E-state index contributed by atoms with van der Waals surface area (Å²) in [7, 11) is -1.41. The van der Waals surface area contributed by atoms with Gasteiger partial charge in [0.25, 0.3) is 0 Å². The van der Waals surface area contributed by atoms with Gasteiger partial charge in [0.05, 0.1) is 10.6 Å². The van der Waals surface area contributed by atoms with Crippen molar-refractivity contribution in [1.29, 1.82) is 0 Å². The molecule has 3 N–H and O–H groups in total. The number of nitrogens with zero attached hydrogens (tertiary/aromatic N) is 3. The maximum Gasteiger partial charge on any atom is 0.212 e. The molecule has 0 saturated heterocycles. The lowest BCUT2D eigenvalue weighted by Gasteiger charge is -2.37. The normalized spacial score (nSPS) is 23.3. The minimum atomic E-state index is -3.46. The smallest absolute Gasteiger partial charge is 0.212 e. The highest BCUT2D eigenvalue weighted by Crippen LogP contribution is 2.34. The third-order valence-electron chi connectivity index (χ3n) is 5.31. The van der Waals surface area contributed by atoms with Crippen LogP contribution in [0.25, 0.3) is 11.0 Å². The van der Waals surface area contributed by atoms with Crippen molar-refractivity contribution in [2.45, 2.75) is 50.3 Å². The summed E-state index contributed by atoms with van der Waals surface area (Å²) in [6.45, 7) is 1.90. The van der Waals surface area contributed by atoms with Gasteiger partial charge in [0, 0.05) is 19.3 Å². The Kier molecular flexibility index (Phi) is 4.78. The van der Waals surface area contributed by atoms with E-state index in [-0.39, 0.29) is 5.92 Å². The number of nitrogens with one attached hydrogen (secondary N) is 1. The second-order valence-corrected chi connectivity index (χ2v) is 8.44. The van der Waals surface area contributed by atoms with E-state index >= 15 is 0 Å². The van der Waals surface area contributed by atoms with E-state index in [9.17, 15) is 8.42 Å². The first-order valence-electron chi connectivity index (χ1n) is 8.44. The van der Waals surface area contributed by atoms with Gasteiger partial charge in [-0.2, -0.15) is 0 Å². The van der Waals surface area contributed by atoms with E-state index < -0.39 is 15.3 Å². The maximum atomic E-state index is 11.8. The number of aromatic nitrogens is 3. The summed E-state index contributed by atoms with van der Waals surface area (Å²) in [4.78, 5) is 14.0. The number of H-pyrrole nitrogens is 1. The Labute approximate surface area is 142 Å². The van der Waals surface area contributed by atoms with E-state index in [1.165, 1.54) is 0 Å². The van der Waals surface area contributed by atoms with Crippen LogP contribution in [0.4, 0.5) is 5.82 Å². The number of primary sulfonamides is 1. The number of hydrogen-bond acceptors (Lipinski definition) is 5. The van der Waals surface area contributed by atoms with Crippen LogP contribution in [0.3, 0.4) is 0 Å². The summed E-state index contributed by atoms with van der Waals surface area (Å²) in [5.41, 5.74) is 0.834. The first-order valence-corrected chi connectivity index (χ1v) is 10.0. The summed E-state index contributed by atoms with van der Waals surface area (Å²) >= 11 is 0. The average molecular weight is 351 g/mol. The second kappa shape index (κ2) is 6.68. The fraction of sp³-hybridized carbons (Fsp3) is 0.625. The van der Waals surface area contributed by atoms with E-state index in [2.05, 4.69) is 26.9 Å². The van der Waals surface area contributed by atoms with Gasteiger partial charge in [-0.3, -0.25) is 0 Å². The summed E-state index contributed by atoms with van der Waals surface area (Å²) in [6.07, 6.45) is 7.68. The zero-order valence-corrected chi connectivity index (χ0v) is 15.0. The summed E-state index contributed by atoms with van der Waals surface area (Å²) in [5.74, 6) is 1.08. The minimum Gasteiger partial charge on any atom is -0.356 e. The van der Waals surface area contributed by atoms with Gasteiger partial charge >= 0.3 is 0 Å². The molecule has 0 bridgehead atoms. The number of rotatable bonds is 5. The van der Waals surface area contributed by atoms with Crippen LogP contribution in [0.1, 0.15) is 39.0 Å². The predicted molar refractivity (Wildman–Crippen MR) is 95.2 cm³/mol. The van der Waals surface area contributed by atoms with Crippen molar-refractivity contribution in [3.63, 3.8) is 0 Å². The van der Waals surface area contributed by atoms with Gasteiger partial charge in [-0.25, -0.2) is 23.5 Å². The monoisotopic (exact) mass is 351 g/mol. The molecule has 1 unspecified atom stereocenters. The lowest BCUT2D eigenvalue weighted by molar-refractivity contribution is 0.303. The second-order valence-electron chi connectivity index (χ2n) is 6.65. The molecule has 0 amide bonds. The highest BCUT2D eigenvalue weighted by atomic mass is 32.2. The zero-order valence-electron chi connectivity index (χ0n) is 14.1. The fourth-order valence-electron chi connectivity index (χ4n) is 4.01. The standard InChI is InChI=1S/C16H25N5O2S/c1-3-14(24(17,22)23)11-4-6-12(7-5-11)21(2)16-13-8-9-18-15(13)19-10-20-16/h8-12,14H,3-7H2,1-2H3,(H2,17,22,23)(H,18,19,20). The van der Waals surface area contributed by atoms with Gasteiger partial charge in [0.2, 0.25) is 10.0 Å². The number of hydrogen-bond donors (Lipinski definition) is 2. The Morgan fingerprint density at radius 1 is 1.33 bits per heavy atom. The molecule has 132 valence electrons. The lowest BCUT2D eigenvalue weighted by Crippen LogP contribution is -2.41. The predicted octanol–water partition coefficient (Wildman–Crippen LogP) is 2.02. The first kappa shape index (κ1) is 17.2. The van der Waals surface area contributed by atoms with Crippen LogP contribution in [-0.2, 0) is 10.0 Å². The molecule has 0 aliphatic heterocycles. The van der Waals surface area contributed by atoms with Crippen LogP contribution in [0.2, 0.25) is 0 Å². The number of nitrogens with two attached hydrogens (primary N) is 1. The number of aromatic amines is 1. The van der Waals surface area contributed by atoms with Crippen LogP contribution in [0, 0.1) is 5.92 Å². The molecule has 1 aliphatic carbocycles. The number of fused-ring (bicyclic) bond motifs is 1. The van der Waals surface area contributed by atoms with E-state index in [0.29, 0.717) is 12.5 Å². The average Bonchev–Trinajstić information content (AvgIpc) is 3.02. The van der Waals surface area contributed by atoms with Crippen molar-refractivity contribution in [2.24, 2.45) is 11.1 Å². The van der Waals surface area contributed by atoms with Gasteiger partial charge < -0.3 is 9.88 Å². The van der Waals surface area contributed by atoms with Crippen LogP contribution >= 0.6 is 0 Å². The molecule has 3 rings (SSSR count). The third kappa shape index (κ3) is 3.25. The summed E-state index contributed by atoms with van der Waals surface area (Å²) < 4.78 is 23.5. The third-order valence-corrected chi connectivity index (χ3v) is 6.87. The molecular weight excluding hydrogens is 326 g/mol. The lowest BCUT2D eigenvalue weighted by atomic mass is 9.82. The van der Waals surface area contributed by atoms with Gasteiger partial charge in [-0.1, -0.05) is 6.92 Å². The Morgan fingerprint density at radius 2 is 2.04 bits per heavy atom. The van der Waals surface area contributed by atoms with E-state index in [0.717, 1.165) is 42.5 Å². The van der Waals surface area contributed by atoms with Crippen molar-refractivity contribution >= 4 is 26.9 Å². The number of anilines is 1. The topological polar surface area (TPSA) is 105 Å². The molecule has 0 aromatic carbocycles. The molecule has 8 heteroatoms. The molecule has 7 nitrogen and oxygen atoms in total. The molecule has 1 aliphatic rings. The summed E-state index contributed by atoms with van der Waals surface area (Å²) in [6, 6.07) is 2.34. The van der Waals surface area contributed by atoms with E-state index in [4.69, 9.17) is 5.14 Å². The van der Waals surface area contributed by atoms with E-state index in [1.807, 2.05) is 19.2 Å². The zero-order chi connectivity index (χ0) is 17.3. The molecule has 1 atom stereocenters. The fourth-order valence-corrected chi connectivity index (χ4v) is 5.28. The molecule has 0 radical (unpaired) electrons. The quantitative estimate of drug-likeness (QED) is 0.857. The van der Waals surface area contributed by atoms with Gasteiger partial charge in [0.15, 0.2) is 0 Å². The highest BCUT2D eigenvalue weighted by molar-refractivity contribution is 7.89. The molecule has 2 heterocycles. The van der Waals surface area contributed by atoms with Crippen LogP contribution < -0.4 is 10.0 Å². The molecule has 1 fully saturated rings. The Morgan fingerprint density at radius 3 is 2.67 bits per heavy atom. The van der Waals surface area contributed by atoms with Crippen molar-refractivity contribution in [3.8, 4) is 0 Å². The Balaban J connectivity index is 1.71. The van der Waals surface area contributed by atoms with Crippen molar-refractivity contribution in [2.75, 3.05) is 11.9 Å². The van der Waals surface area contributed by atoms with Crippen LogP contribution in [0.5, 0.6) is 0 Å². The summed E-state index contributed by atoms with van der Waals surface area (Å²) in [5, 5.41) is 5.99. The Bertz CT molecular complexity index is 796. The van der Waals surface area contributed by atoms with Crippen molar-refractivity contribution < 1.29 is 8.42 Å². The molecular formula is C16H25N5O2S. The largest absolute Gasteiger partial charge is 0.356 e. The van der Waals surface area contributed by atoms with Crippen molar-refractivity contribution in [3.05, 3.63) is 18.6 Å². The molecule has 2 aromatic rings.